The summed E-state index contributed by atoms with van der Waals surface area (Å²) in [5.41, 5.74) is 5.62. The molecule has 136 valence electrons. The van der Waals surface area contributed by atoms with Crippen molar-refractivity contribution in [2.45, 2.75) is 58.5 Å². The molecular weight excluding hydrogens is 318 g/mol. The lowest BCUT2D eigenvalue weighted by molar-refractivity contribution is -0.794. The van der Waals surface area contributed by atoms with Crippen molar-refractivity contribution in [3.63, 3.8) is 0 Å². The number of nitrogens with zero attached hydrogens (tertiary/aromatic N) is 2. The molecule has 0 aromatic heterocycles. The lowest BCUT2D eigenvalue weighted by atomic mass is 9.35. The largest absolute Gasteiger partial charge is 0.330 e. The van der Waals surface area contributed by atoms with Crippen LogP contribution in [-0.2, 0) is 9.68 Å². The van der Waals surface area contributed by atoms with Crippen molar-refractivity contribution in [2.75, 3.05) is 13.2 Å². The summed E-state index contributed by atoms with van der Waals surface area (Å²) in [6.07, 6.45) is 4.37. The van der Waals surface area contributed by atoms with Gasteiger partial charge in [0.15, 0.2) is 0 Å². The molecule has 9 heteroatoms. The number of nitrogens with two attached hydrogens (primary N) is 1. The van der Waals surface area contributed by atoms with E-state index in [9.17, 15) is 20.2 Å². The molecule has 4 fully saturated rings. The molecule has 24 heavy (non-hydrogen) atoms. The summed E-state index contributed by atoms with van der Waals surface area (Å²) in [4.78, 5) is 31.0. The maximum atomic E-state index is 11.0. The van der Waals surface area contributed by atoms with Crippen LogP contribution in [0.15, 0.2) is 0 Å². The van der Waals surface area contributed by atoms with E-state index in [1.54, 1.807) is 0 Å². The third-order valence-electron chi connectivity index (χ3n) is 6.40. The third kappa shape index (κ3) is 2.78. The first kappa shape index (κ1) is 17.2. The van der Waals surface area contributed by atoms with Crippen LogP contribution in [0.2, 0.25) is 0 Å². The fourth-order valence-electron chi connectivity index (χ4n) is 7.15. The third-order valence-corrected chi connectivity index (χ3v) is 6.40. The minimum Gasteiger partial charge on any atom is -0.330 e. The van der Waals surface area contributed by atoms with Gasteiger partial charge in [0, 0.05) is 5.41 Å². The van der Waals surface area contributed by atoms with Gasteiger partial charge in [-0.2, -0.15) is 0 Å². The van der Waals surface area contributed by atoms with Gasteiger partial charge in [-0.1, -0.05) is 13.8 Å². The zero-order valence-corrected chi connectivity index (χ0v) is 14.2. The molecule has 3 atom stereocenters. The van der Waals surface area contributed by atoms with Gasteiger partial charge in [-0.25, -0.2) is 0 Å². The average Bonchev–Trinajstić information content (AvgIpc) is 2.38. The predicted molar refractivity (Wildman–Crippen MR) is 82.7 cm³/mol. The first-order chi connectivity index (χ1) is 11.0. The Morgan fingerprint density at radius 3 is 2.04 bits per heavy atom. The van der Waals surface area contributed by atoms with E-state index in [-0.39, 0.29) is 16.2 Å². The van der Waals surface area contributed by atoms with Gasteiger partial charge in [-0.15, -0.1) is 20.2 Å². The van der Waals surface area contributed by atoms with Crippen LogP contribution in [0.1, 0.15) is 52.4 Å². The molecule has 9 nitrogen and oxygen atoms in total. The monoisotopic (exact) mass is 343 g/mol. The number of rotatable bonds is 7. The Hall–Kier alpha value is -1.64. The molecule has 4 bridgehead atoms. The molecule has 2 N–H and O–H groups in total. The van der Waals surface area contributed by atoms with E-state index < -0.39 is 28.3 Å². The summed E-state index contributed by atoms with van der Waals surface area (Å²) >= 11 is 0. The van der Waals surface area contributed by atoms with Crippen LogP contribution in [0.5, 0.6) is 0 Å². The van der Waals surface area contributed by atoms with Gasteiger partial charge in [-0.3, -0.25) is 0 Å². The Balaban J connectivity index is 1.96. The Morgan fingerprint density at radius 2 is 1.58 bits per heavy atom. The molecule has 0 radical (unpaired) electrons. The zero-order valence-electron chi connectivity index (χ0n) is 14.2. The summed E-state index contributed by atoms with van der Waals surface area (Å²) in [7, 11) is 0. The SMILES string of the molecule is CC12CC3(C)CC(CN)(C1)CC(C(CO[N+](=O)[O-])O[N+](=O)[O-])(C2)C3. The molecule has 0 spiro atoms. The van der Waals surface area contributed by atoms with Crippen LogP contribution in [0.3, 0.4) is 0 Å². The van der Waals surface area contributed by atoms with Crippen LogP contribution in [0.4, 0.5) is 0 Å². The second-order valence-electron chi connectivity index (χ2n) is 9.09. The minimum absolute atomic E-state index is 0.0374. The summed E-state index contributed by atoms with van der Waals surface area (Å²) in [6.45, 7) is 4.53. The molecule has 0 aliphatic heterocycles. The van der Waals surface area contributed by atoms with Crippen molar-refractivity contribution in [2.24, 2.45) is 27.4 Å². The van der Waals surface area contributed by atoms with Crippen molar-refractivity contribution >= 4 is 0 Å². The van der Waals surface area contributed by atoms with Crippen molar-refractivity contribution in [3.05, 3.63) is 20.2 Å². The van der Waals surface area contributed by atoms with E-state index in [0.29, 0.717) is 13.0 Å². The van der Waals surface area contributed by atoms with Crippen LogP contribution in [-0.4, -0.2) is 29.4 Å². The molecule has 4 saturated carbocycles. The summed E-state index contributed by atoms with van der Waals surface area (Å²) in [5, 5.41) is 19.8. The predicted octanol–water partition coefficient (Wildman–Crippen LogP) is 2.10. The Labute approximate surface area is 140 Å². The zero-order chi connectivity index (χ0) is 17.8. The molecule has 4 aliphatic carbocycles. The maximum Gasteiger partial charge on any atom is 0.294 e. The molecular formula is C15H25N3O6. The van der Waals surface area contributed by atoms with Gasteiger partial charge in [0.2, 0.25) is 0 Å². The van der Waals surface area contributed by atoms with Crippen molar-refractivity contribution in [3.8, 4) is 0 Å². The van der Waals surface area contributed by atoms with E-state index in [4.69, 9.17) is 10.6 Å². The highest BCUT2D eigenvalue weighted by molar-refractivity contribution is 5.17. The molecule has 0 saturated heterocycles. The number of hydrogen-bond acceptors (Lipinski definition) is 7. The quantitative estimate of drug-likeness (QED) is 0.553. The van der Waals surface area contributed by atoms with Crippen molar-refractivity contribution in [1.82, 2.24) is 0 Å². The minimum atomic E-state index is -0.941. The molecule has 4 rings (SSSR count). The Kier molecular flexibility index (Phi) is 3.71. The van der Waals surface area contributed by atoms with Crippen molar-refractivity contribution < 1.29 is 19.8 Å². The van der Waals surface area contributed by atoms with Crippen LogP contribution in [0, 0.1) is 41.9 Å². The average molecular weight is 343 g/mol. The van der Waals surface area contributed by atoms with Crippen LogP contribution < -0.4 is 5.73 Å². The van der Waals surface area contributed by atoms with E-state index in [2.05, 4.69) is 18.7 Å². The topological polar surface area (TPSA) is 131 Å². The first-order valence-electron chi connectivity index (χ1n) is 8.32. The second-order valence-corrected chi connectivity index (χ2v) is 9.09. The van der Waals surface area contributed by atoms with Crippen LogP contribution >= 0.6 is 0 Å². The van der Waals surface area contributed by atoms with Gasteiger partial charge in [0.05, 0.1) is 0 Å². The van der Waals surface area contributed by atoms with E-state index >= 15 is 0 Å². The van der Waals surface area contributed by atoms with Gasteiger partial charge < -0.3 is 15.4 Å². The van der Waals surface area contributed by atoms with E-state index in [1.165, 1.54) is 0 Å². The Morgan fingerprint density at radius 1 is 1.00 bits per heavy atom. The fraction of sp³-hybridized carbons (Fsp3) is 1.00. The molecule has 0 aromatic rings. The molecule has 3 unspecified atom stereocenters. The standard InChI is InChI=1S/C15H25N3O6/c1-12-4-13(2)6-14(5-12,10-16)9-15(7-12,8-13)11(24-18(21)22)3-23-17(19)20/h11H,3-10,16H2,1-2H3. The molecule has 0 amide bonds. The van der Waals surface area contributed by atoms with E-state index in [1.807, 2.05) is 0 Å². The van der Waals surface area contributed by atoms with Gasteiger partial charge in [-0.05, 0) is 61.3 Å². The normalized spacial score (nSPS) is 44.1. The smallest absolute Gasteiger partial charge is 0.294 e. The number of hydrogen-bond donors (Lipinski definition) is 1. The maximum absolute atomic E-state index is 11.0. The summed E-state index contributed by atoms with van der Waals surface area (Å²) < 4.78 is 0. The first-order valence-corrected chi connectivity index (χ1v) is 8.32. The van der Waals surface area contributed by atoms with Crippen molar-refractivity contribution in [1.29, 1.82) is 0 Å². The molecule has 0 aromatic carbocycles. The highest BCUT2D eigenvalue weighted by Crippen LogP contribution is 2.74. The highest BCUT2D eigenvalue weighted by atomic mass is 17.0. The fourth-order valence-corrected chi connectivity index (χ4v) is 7.15. The van der Waals surface area contributed by atoms with Crippen LogP contribution in [0.25, 0.3) is 0 Å². The Bertz CT molecular complexity index is 549. The molecule has 0 heterocycles. The molecule has 4 aliphatic rings. The van der Waals surface area contributed by atoms with Gasteiger partial charge in [0.1, 0.15) is 12.7 Å². The van der Waals surface area contributed by atoms with Gasteiger partial charge >= 0.3 is 0 Å². The second kappa shape index (κ2) is 5.18. The lowest BCUT2D eigenvalue weighted by Gasteiger charge is -2.70. The van der Waals surface area contributed by atoms with Gasteiger partial charge in [0.25, 0.3) is 10.2 Å². The summed E-state index contributed by atoms with van der Waals surface area (Å²) in [6, 6.07) is 0. The highest BCUT2D eigenvalue weighted by Gasteiger charge is 2.67. The lowest BCUT2D eigenvalue weighted by Crippen LogP contribution is -2.65. The summed E-state index contributed by atoms with van der Waals surface area (Å²) in [5.74, 6) is 0. The van der Waals surface area contributed by atoms with E-state index in [0.717, 1.165) is 32.1 Å².